The van der Waals surface area contributed by atoms with Gasteiger partial charge in [0, 0.05) is 10.0 Å². The van der Waals surface area contributed by atoms with Crippen LogP contribution in [0, 0.1) is 11.3 Å². The van der Waals surface area contributed by atoms with Gasteiger partial charge in [-0.2, -0.15) is 5.26 Å². The van der Waals surface area contributed by atoms with Crippen LogP contribution in [0.1, 0.15) is 5.69 Å². The van der Waals surface area contributed by atoms with Crippen molar-refractivity contribution in [3.8, 4) is 17.3 Å². The molecule has 2 aromatic rings. The molecular weight excluding hydrogens is 242 g/mol. The SMILES string of the molecule is N#Cc1nc[nH]c1-c1cccc(Br)c1. The van der Waals surface area contributed by atoms with Gasteiger partial charge in [-0.05, 0) is 12.1 Å². The zero-order valence-electron chi connectivity index (χ0n) is 7.16. The number of aromatic nitrogens is 2. The number of imidazole rings is 1. The van der Waals surface area contributed by atoms with Crippen LogP contribution in [0.25, 0.3) is 11.3 Å². The monoisotopic (exact) mass is 247 g/mol. The van der Waals surface area contributed by atoms with Gasteiger partial charge in [-0.3, -0.25) is 0 Å². The summed E-state index contributed by atoms with van der Waals surface area (Å²) in [5.74, 6) is 0. The third-order valence-electron chi connectivity index (χ3n) is 1.86. The summed E-state index contributed by atoms with van der Waals surface area (Å²) in [6.07, 6.45) is 1.52. The maximum atomic E-state index is 8.79. The number of hydrogen-bond acceptors (Lipinski definition) is 2. The standard InChI is InChI=1S/C10H6BrN3/c11-8-3-1-2-7(4-8)10-9(5-12)13-6-14-10/h1-4,6H,(H,13,14). The number of rotatable bonds is 1. The van der Waals surface area contributed by atoms with E-state index in [1.54, 1.807) is 0 Å². The zero-order chi connectivity index (χ0) is 9.97. The second-order valence-corrected chi connectivity index (χ2v) is 3.66. The van der Waals surface area contributed by atoms with Crippen molar-refractivity contribution >= 4 is 15.9 Å². The summed E-state index contributed by atoms with van der Waals surface area (Å²) >= 11 is 3.38. The van der Waals surface area contributed by atoms with E-state index in [1.165, 1.54) is 6.33 Å². The number of aromatic amines is 1. The Labute approximate surface area is 89.5 Å². The summed E-state index contributed by atoms with van der Waals surface area (Å²) in [5, 5.41) is 8.79. The van der Waals surface area contributed by atoms with Crippen molar-refractivity contribution in [2.24, 2.45) is 0 Å². The highest BCUT2D eigenvalue weighted by Crippen LogP contribution is 2.22. The Hall–Kier alpha value is -1.60. The van der Waals surface area contributed by atoms with Crippen molar-refractivity contribution in [3.63, 3.8) is 0 Å². The van der Waals surface area contributed by atoms with Crippen molar-refractivity contribution in [2.75, 3.05) is 0 Å². The van der Waals surface area contributed by atoms with Crippen LogP contribution in [0.3, 0.4) is 0 Å². The average Bonchev–Trinajstić information content (AvgIpc) is 2.65. The van der Waals surface area contributed by atoms with Crippen molar-refractivity contribution in [3.05, 3.63) is 40.8 Å². The van der Waals surface area contributed by atoms with Gasteiger partial charge >= 0.3 is 0 Å². The van der Waals surface area contributed by atoms with Gasteiger partial charge in [0.25, 0.3) is 0 Å². The molecule has 0 radical (unpaired) electrons. The fourth-order valence-corrected chi connectivity index (χ4v) is 1.64. The highest BCUT2D eigenvalue weighted by atomic mass is 79.9. The molecule has 0 spiro atoms. The molecule has 0 amide bonds. The number of benzene rings is 1. The molecule has 68 valence electrons. The molecule has 2 rings (SSSR count). The van der Waals surface area contributed by atoms with Crippen LogP contribution in [0.2, 0.25) is 0 Å². The fourth-order valence-electron chi connectivity index (χ4n) is 1.24. The van der Waals surface area contributed by atoms with Gasteiger partial charge in [-0.25, -0.2) is 4.98 Å². The van der Waals surface area contributed by atoms with E-state index in [0.29, 0.717) is 5.69 Å². The number of H-pyrrole nitrogens is 1. The van der Waals surface area contributed by atoms with Gasteiger partial charge in [-0.1, -0.05) is 28.1 Å². The Morgan fingerprint density at radius 2 is 2.29 bits per heavy atom. The summed E-state index contributed by atoms with van der Waals surface area (Å²) in [6, 6.07) is 9.76. The molecule has 3 nitrogen and oxygen atoms in total. The van der Waals surface area contributed by atoms with Crippen LogP contribution in [0.15, 0.2) is 35.1 Å². The lowest BCUT2D eigenvalue weighted by atomic mass is 10.1. The first-order valence-electron chi connectivity index (χ1n) is 4.00. The van der Waals surface area contributed by atoms with Gasteiger partial charge in [-0.15, -0.1) is 0 Å². The lowest BCUT2D eigenvalue weighted by Gasteiger charge is -1.98. The molecule has 0 unspecified atom stereocenters. The summed E-state index contributed by atoms with van der Waals surface area (Å²) < 4.78 is 0.980. The lowest BCUT2D eigenvalue weighted by molar-refractivity contribution is 1.29. The Morgan fingerprint density at radius 3 is 3.00 bits per heavy atom. The zero-order valence-corrected chi connectivity index (χ0v) is 8.75. The van der Waals surface area contributed by atoms with E-state index in [2.05, 4.69) is 25.9 Å². The summed E-state index contributed by atoms with van der Waals surface area (Å²) in [7, 11) is 0. The first-order chi connectivity index (χ1) is 6.81. The molecule has 0 aliphatic rings. The van der Waals surface area contributed by atoms with Crippen LogP contribution >= 0.6 is 15.9 Å². The summed E-state index contributed by atoms with van der Waals surface area (Å²) in [6.45, 7) is 0. The third-order valence-corrected chi connectivity index (χ3v) is 2.35. The number of halogens is 1. The fraction of sp³-hybridized carbons (Fsp3) is 0. The normalized spacial score (nSPS) is 9.71. The molecule has 0 fully saturated rings. The number of nitrogens with zero attached hydrogens (tertiary/aromatic N) is 2. The van der Waals surface area contributed by atoms with Crippen LogP contribution in [0.5, 0.6) is 0 Å². The maximum absolute atomic E-state index is 8.79. The van der Waals surface area contributed by atoms with Crippen molar-refractivity contribution < 1.29 is 0 Å². The Balaban J connectivity index is 2.56. The largest absolute Gasteiger partial charge is 0.343 e. The van der Waals surface area contributed by atoms with Crippen molar-refractivity contribution in [2.45, 2.75) is 0 Å². The van der Waals surface area contributed by atoms with E-state index in [0.717, 1.165) is 15.7 Å². The van der Waals surface area contributed by atoms with Crippen LogP contribution in [-0.2, 0) is 0 Å². The summed E-state index contributed by atoms with van der Waals surface area (Å²) in [4.78, 5) is 6.85. The first kappa shape index (κ1) is 8.97. The van der Waals surface area contributed by atoms with E-state index in [-0.39, 0.29) is 0 Å². The van der Waals surface area contributed by atoms with Crippen LogP contribution < -0.4 is 0 Å². The van der Waals surface area contributed by atoms with Gasteiger partial charge in [0.2, 0.25) is 0 Å². The minimum absolute atomic E-state index is 0.420. The van der Waals surface area contributed by atoms with Gasteiger partial charge in [0.1, 0.15) is 6.07 Å². The quantitative estimate of drug-likeness (QED) is 0.843. The predicted molar refractivity (Wildman–Crippen MR) is 56.4 cm³/mol. The summed E-state index contributed by atoms with van der Waals surface area (Å²) in [5.41, 5.74) is 2.13. The minimum Gasteiger partial charge on any atom is -0.343 e. The second-order valence-electron chi connectivity index (χ2n) is 2.75. The van der Waals surface area contributed by atoms with Gasteiger partial charge < -0.3 is 4.98 Å². The highest BCUT2D eigenvalue weighted by molar-refractivity contribution is 9.10. The molecule has 0 aliphatic carbocycles. The molecule has 1 heterocycles. The van der Waals surface area contributed by atoms with Gasteiger partial charge in [0.05, 0.1) is 12.0 Å². The minimum atomic E-state index is 0.420. The molecule has 4 heteroatoms. The molecular formula is C10H6BrN3. The molecule has 1 N–H and O–H groups in total. The third kappa shape index (κ3) is 1.54. The molecule has 1 aromatic heterocycles. The van der Waals surface area contributed by atoms with Gasteiger partial charge in [0.15, 0.2) is 5.69 Å². The second kappa shape index (κ2) is 3.64. The lowest BCUT2D eigenvalue weighted by Crippen LogP contribution is -1.82. The molecule has 14 heavy (non-hydrogen) atoms. The van der Waals surface area contributed by atoms with E-state index < -0.39 is 0 Å². The smallest absolute Gasteiger partial charge is 0.166 e. The first-order valence-corrected chi connectivity index (χ1v) is 4.80. The van der Waals surface area contributed by atoms with Crippen molar-refractivity contribution in [1.29, 1.82) is 5.26 Å². The van der Waals surface area contributed by atoms with Crippen LogP contribution in [0.4, 0.5) is 0 Å². The topological polar surface area (TPSA) is 52.5 Å². The average molecular weight is 248 g/mol. The Bertz CT molecular complexity index is 496. The number of hydrogen-bond donors (Lipinski definition) is 1. The molecule has 0 saturated carbocycles. The molecule has 1 aromatic carbocycles. The number of nitriles is 1. The van der Waals surface area contributed by atoms with E-state index in [1.807, 2.05) is 30.3 Å². The molecule has 0 bridgehead atoms. The molecule has 0 aliphatic heterocycles. The van der Waals surface area contributed by atoms with E-state index in [9.17, 15) is 0 Å². The van der Waals surface area contributed by atoms with Crippen LogP contribution in [-0.4, -0.2) is 9.97 Å². The number of nitrogens with one attached hydrogen (secondary N) is 1. The van der Waals surface area contributed by atoms with Crippen molar-refractivity contribution in [1.82, 2.24) is 9.97 Å². The molecule has 0 atom stereocenters. The maximum Gasteiger partial charge on any atom is 0.166 e. The predicted octanol–water partition coefficient (Wildman–Crippen LogP) is 2.71. The Kier molecular flexibility index (Phi) is 2.33. The Morgan fingerprint density at radius 1 is 1.43 bits per heavy atom. The van der Waals surface area contributed by atoms with E-state index >= 15 is 0 Å². The molecule has 0 saturated heterocycles. The highest BCUT2D eigenvalue weighted by Gasteiger charge is 2.06. The van der Waals surface area contributed by atoms with E-state index in [4.69, 9.17) is 5.26 Å².